The van der Waals surface area contributed by atoms with E-state index in [0.29, 0.717) is 0 Å². The highest BCUT2D eigenvalue weighted by Gasteiger charge is 2.34. The van der Waals surface area contributed by atoms with Gasteiger partial charge in [-0.15, -0.1) is 0 Å². The predicted octanol–water partition coefficient (Wildman–Crippen LogP) is 15.1. The first-order valence-corrected chi connectivity index (χ1v) is 23.7. The molecule has 9 rings (SSSR count). The molecule has 60 heavy (non-hydrogen) atoms. The number of rotatable bonds is 8. The summed E-state index contributed by atoms with van der Waals surface area (Å²) in [5.74, 6) is 1.30. The Kier molecular flexibility index (Phi) is 15.7. The van der Waals surface area contributed by atoms with Crippen LogP contribution in [0.5, 0.6) is 11.5 Å². The van der Waals surface area contributed by atoms with Crippen LogP contribution in [0, 0.1) is 6.92 Å². The van der Waals surface area contributed by atoms with Gasteiger partial charge in [-0.2, -0.15) is 0 Å². The summed E-state index contributed by atoms with van der Waals surface area (Å²) < 4.78 is 6.89. The summed E-state index contributed by atoms with van der Waals surface area (Å²) in [5, 5.41) is 11.2. The molecule has 0 aliphatic heterocycles. The molecule has 2 aliphatic carbocycles. The van der Waals surface area contributed by atoms with Crippen LogP contribution in [0.1, 0.15) is 69.8 Å². The van der Waals surface area contributed by atoms with Crippen LogP contribution >= 0.6 is 23.9 Å². The molecule has 2 fully saturated rings. The van der Waals surface area contributed by atoms with Crippen LogP contribution in [0.25, 0.3) is 44.8 Å². The number of aromatic hydroxyl groups is 1. The molecule has 2 aliphatic rings. The maximum Gasteiger partial charge on any atom is 0.126 e. The van der Waals surface area contributed by atoms with Gasteiger partial charge in [0.2, 0.25) is 0 Å². The zero-order valence-electron chi connectivity index (χ0n) is 34.9. The van der Waals surface area contributed by atoms with Gasteiger partial charge in [0, 0.05) is 33.6 Å². The van der Waals surface area contributed by atoms with E-state index in [-0.39, 0.29) is 13.7 Å². The van der Waals surface area contributed by atoms with Crippen LogP contribution in [-0.4, -0.2) is 33.5 Å². The summed E-state index contributed by atoms with van der Waals surface area (Å²) >= 11 is 3.43. The fourth-order valence-corrected chi connectivity index (χ4v) is 13.1. The van der Waals surface area contributed by atoms with E-state index in [1.807, 2.05) is 92.0 Å². The predicted molar refractivity (Wildman–Crippen MR) is 258 cm³/mol. The van der Waals surface area contributed by atoms with Gasteiger partial charge in [-0.1, -0.05) is 153 Å². The molecule has 0 atom stereocenters. The largest absolute Gasteiger partial charge is 0.508 e. The quantitative estimate of drug-likeness (QED) is 0.155. The number of benzene rings is 5. The molecule has 0 saturated heterocycles. The summed E-state index contributed by atoms with van der Waals surface area (Å²) in [6.45, 7) is 2.23. The Morgan fingerprint density at radius 3 is 1.67 bits per heavy atom. The topological polar surface area (TPSA) is 55.2 Å². The summed E-state index contributed by atoms with van der Waals surface area (Å²) in [6, 6.07) is 51.1. The number of phenols is 1. The van der Waals surface area contributed by atoms with Crippen LogP contribution in [0.15, 0.2) is 169 Å². The van der Waals surface area contributed by atoms with Crippen molar-refractivity contribution in [2.24, 2.45) is 0 Å². The molecule has 7 aromatic rings. The molecule has 0 radical (unpaired) electrons. The van der Waals surface area contributed by atoms with Gasteiger partial charge < -0.3 is 9.84 Å². The second-order valence-electron chi connectivity index (χ2n) is 15.7. The lowest BCUT2D eigenvalue weighted by atomic mass is 9.99. The summed E-state index contributed by atoms with van der Waals surface area (Å²) in [5.41, 5.74) is 12.2. The number of aryl methyl sites for hydroxylation is 1. The van der Waals surface area contributed by atoms with Gasteiger partial charge in [0.15, 0.2) is 0 Å². The minimum atomic E-state index is -0.122. The number of pyridine rings is 2. The van der Waals surface area contributed by atoms with Crippen molar-refractivity contribution in [1.29, 1.82) is 0 Å². The van der Waals surface area contributed by atoms with Gasteiger partial charge in [0.05, 0.1) is 18.5 Å². The molecule has 5 aromatic carbocycles. The lowest BCUT2D eigenvalue weighted by molar-refractivity contribution is 0.416. The Balaban J connectivity index is 0.000000147. The first kappa shape index (κ1) is 43.0. The van der Waals surface area contributed by atoms with E-state index in [2.05, 4.69) is 87.4 Å². The van der Waals surface area contributed by atoms with E-state index in [0.717, 1.165) is 55.2 Å². The maximum absolute atomic E-state index is 9.55. The molecule has 1 N–H and O–H groups in total. The molecule has 4 nitrogen and oxygen atoms in total. The van der Waals surface area contributed by atoms with Crippen molar-refractivity contribution in [3.8, 4) is 56.3 Å². The third-order valence-corrected chi connectivity index (χ3v) is 15.7. The third kappa shape index (κ3) is 11.4. The zero-order valence-corrected chi connectivity index (χ0v) is 37.4. The lowest BCUT2D eigenvalue weighted by Gasteiger charge is -2.39. The number of methoxy groups -OCH3 is 1. The van der Waals surface area contributed by atoms with Crippen molar-refractivity contribution in [2.75, 3.05) is 7.11 Å². The van der Waals surface area contributed by atoms with Crippen molar-refractivity contribution < 1.29 is 9.84 Å². The van der Waals surface area contributed by atoms with Gasteiger partial charge in [0.1, 0.15) is 11.5 Å². The summed E-state index contributed by atoms with van der Waals surface area (Å²) in [7, 11) is 1.69. The Hall–Kier alpha value is -5.09. The minimum absolute atomic E-state index is 0.122. The average molecular weight is 876 g/mol. The van der Waals surface area contributed by atoms with Crippen molar-refractivity contribution in [1.82, 2.24) is 9.97 Å². The molecule has 306 valence electrons. The van der Waals surface area contributed by atoms with Crippen molar-refractivity contribution in [3.05, 3.63) is 174 Å². The van der Waals surface area contributed by atoms with E-state index in [4.69, 9.17) is 4.74 Å². The van der Waals surface area contributed by atoms with Crippen LogP contribution in [0.2, 0.25) is 0 Å². The minimum Gasteiger partial charge on any atom is -0.508 e. The molecule has 2 aromatic heterocycles. The highest BCUT2D eigenvalue weighted by atomic mass is 79.9. The van der Waals surface area contributed by atoms with Crippen LogP contribution in [0.3, 0.4) is 0 Å². The summed E-state index contributed by atoms with van der Waals surface area (Å²) in [6.07, 6.45) is 18.0. The van der Waals surface area contributed by atoms with E-state index in [1.165, 1.54) is 80.9 Å². The average Bonchev–Trinajstić information content (AvgIpc) is 3.31. The zero-order chi connectivity index (χ0) is 41.5. The van der Waals surface area contributed by atoms with Crippen LogP contribution in [-0.2, 0) is 0 Å². The van der Waals surface area contributed by atoms with E-state index >= 15 is 0 Å². The Labute approximate surface area is 367 Å². The highest BCUT2D eigenvalue weighted by Crippen LogP contribution is 2.56. The van der Waals surface area contributed by atoms with Crippen molar-refractivity contribution >= 4 is 29.2 Å². The molecular weight excluding hydrogens is 819 g/mol. The van der Waals surface area contributed by atoms with Gasteiger partial charge in [-0.25, -0.2) is 0 Å². The molecule has 0 amide bonds. The van der Waals surface area contributed by atoms with Gasteiger partial charge in [0.25, 0.3) is 0 Å². The number of phenolic OH excluding ortho intramolecular Hbond substituents is 1. The van der Waals surface area contributed by atoms with E-state index in [1.54, 1.807) is 29.8 Å². The van der Waals surface area contributed by atoms with Crippen LogP contribution < -0.4 is 10.0 Å². The second kappa shape index (κ2) is 22.0. The Morgan fingerprint density at radius 2 is 1.08 bits per heavy atom. The Bertz CT molecular complexity index is 2380. The molecule has 0 bridgehead atoms. The first-order chi connectivity index (χ1) is 29.5. The van der Waals surface area contributed by atoms with E-state index in [9.17, 15) is 5.11 Å². The third-order valence-electron chi connectivity index (χ3n) is 11.6. The number of ether oxygens (including phenoxy) is 1. The first-order valence-electron chi connectivity index (χ1n) is 21.5. The van der Waals surface area contributed by atoms with Gasteiger partial charge in [-0.05, 0) is 132 Å². The molecule has 2 saturated carbocycles. The van der Waals surface area contributed by atoms with Crippen molar-refractivity contribution in [3.63, 3.8) is 0 Å². The fraction of sp³-hybridized carbons (Fsp3) is 0.259. The van der Waals surface area contributed by atoms with Gasteiger partial charge in [-0.3, -0.25) is 9.97 Å². The number of aromatic nitrogens is 2. The monoisotopic (exact) mass is 874 g/mol. The molecule has 0 spiro atoms. The standard InChI is InChI=1S/C26H35OP.C17H13NO.C11H8BrN/c1-20-12-11-18-24(27-2)26(20)23-17-9-10-19-25(23)28(21-13-5-3-6-14-21)22-15-7-4-8-16-22;19-16-8-4-6-14(12-16)13-5-3-7-15(11-13)17-9-1-2-10-18-17;12-10-5-3-4-9(8-10)11-6-1-2-7-13-11/h9-12,17-19,21-22H,3-8,13-16H2,1-2H3;1-12,19H;1-8H. The number of hydrogen-bond acceptors (Lipinski definition) is 4. The van der Waals surface area contributed by atoms with Gasteiger partial charge >= 0.3 is 0 Å². The second-order valence-corrected chi connectivity index (χ2v) is 19.4. The smallest absolute Gasteiger partial charge is 0.126 e. The number of hydrogen-bond donors (Lipinski definition) is 1. The molecule has 0 unspecified atom stereocenters. The Morgan fingerprint density at radius 1 is 0.550 bits per heavy atom. The maximum atomic E-state index is 9.55. The fourth-order valence-electron chi connectivity index (χ4n) is 8.73. The highest BCUT2D eigenvalue weighted by molar-refractivity contribution is 9.10. The summed E-state index contributed by atoms with van der Waals surface area (Å²) in [4.78, 5) is 8.62. The lowest BCUT2D eigenvalue weighted by Crippen LogP contribution is -2.27. The van der Waals surface area contributed by atoms with Crippen molar-refractivity contribution in [2.45, 2.75) is 82.4 Å². The SMILES string of the molecule is Brc1cccc(-c2ccccn2)c1.COc1cccc(C)c1-c1ccccc1P(C1CCCCC1)C1CCCCC1.Oc1cccc(-c2cccc(-c3ccccn3)c2)c1. The number of nitrogens with zero attached hydrogens (tertiary/aromatic N) is 2. The molecule has 6 heteroatoms. The normalized spacial score (nSPS) is 14.3. The van der Waals surface area contributed by atoms with Crippen LogP contribution in [0.4, 0.5) is 0 Å². The molecular formula is C54H56BrN2O2P. The molecule has 2 heterocycles. The van der Waals surface area contributed by atoms with E-state index < -0.39 is 0 Å². The number of halogens is 1.